The summed E-state index contributed by atoms with van der Waals surface area (Å²) in [5, 5.41) is 2.94. The Bertz CT molecular complexity index is 551. The Morgan fingerprint density at radius 1 is 1.22 bits per heavy atom. The van der Waals surface area contributed by atoms with E-state index >= 15 is 0 Å². The van der Waals surface area contributed by atoms with Crippen LogP contribution in [-0.4, -0.2) is 4.98 Å². The molecule has 1 aromatic carbocycles. The molecular formula is C14H16ClNOS. The van der Waals surface area contributed by atoms with E-state index in [-0.39, 0.29) is 0 Å². The van der Waals surface area contributed by atoms with Crippen LogP contribution in [0.3, 0.4) is 0 Å². The molecule has 0 aliphatic rings. The first-order chi connectivity index (χ1) is 8.61. The van der Waals surface area contributed by atoms with Crippen LogP contribution in [0.4, 0.5) is 0 Å². The summed E-state index contributed by atoms with van der Waals surface area (Å²) in [6.07, 6.45) is 0. The van der Waals surface area contributed by atoms with E-state index in [0.717, 1.165) is 22.0 Å². The molecule has 96 valence electrons. The van der Waals surface area contributed by atoms with Crippen molar-refractivity contribution in [2.45, 2.75) is 33.3 Å². The Hall–Kier alpha value is -1.06. The van der Waals surface area contributed by atoms with Gasteiger partial charge in [0.1, 0.15) is 17.4 Å². The fourth-order valence-corrected chi connectivity index (χ4v) is 2.69. The maximum Gasteiger partial charge on any atom is 0.140 e. The molecule has 0 saturated carbocycles. The van der Waals surface area contributed by atoms with Crippen molar-refractivity contribution in [2.75, 3.05) is 0 Å². The van der Waals surface area contributed by atoms with Crippen LogP contribution >= 0.6 is 22.9 Å². The van der Waals surface area contributed by atoms with E-state index in [1.807, 2.05) is 5.38 Å². The third-order valence-electron chi connectivity index (χ3n) is 2.95. The van der Waals surface area contributed by atoms with Gasteiger partial charge < -0.3 is 4.74 Å². The van der Waals surface area contributed by atoms with E-state index in [9.17, 15) is 0 Å². The van der Waals surface area contributed by atoms with Crippen molar-refractivity contribution in [1.29, 1.82) is 0 Å². The molecule has 0 saturated heterocycles. The van der Waals surface area contributed by atoms with Gasteiger partial charge in [0.25, 0.3) is 0 Å². The van der Waals surface area contributed by atoms with Crippen LogP contribution < -0.4 is 4.74 Å². The Morgan fingerprint density at radius 3 is 2.61 bits per heavy atom. The molecule has 0 fully saturated rings. The van der Waals surface area contributed by atoms with E-state index in [0.29, 0.717) is 12.5 Å². The highest BCUT2D eigenvalue weighted by atomic mass is 35.5. The van der Waals surface area contributed by atoms with Gasteiger partial charge in [-0.2, -0.15) is 0 Å². The molecule has 1 heterocycles. The van der Waals surface area contributed by atoms with E-state index in [4.69, 9.17) is 16.3 Å². The van der Waals surface area contributed by atoms with Crippen LogP contribution in [0.25, 0.3) is 0 Å². The summed E-state index contributed by atoms with van der Waals surface area (Å²) in [7, 11) is 0. The van der Waals surface area contributed by atoms with E-state index < -0.39 is 0 Å². The summed E-state index contributed by atoms with van der Waals surface area (Å²) in [5.74, 6) is 1.43. The van der Waals surface area contributed by atoms with Crippen LogP contribution in [-0.2, 0) is 12.5 Å². The number of thiazole rings is 1. The smallest absolute Gasteiger partial charge is 0.140 e. The van der Waals surface area contributed by atoms with Gasteiger partial charge in [-0.1, -0.05) is 12.1 Å². The molecule has 0 unspecified atom stereocenters. The molecule has 0 N–H and O–H groups in total. The zero-order chi connectivity index (χ0) is 13.1. The summed E-state index contributed by atoms with van der Waals surface area (Å²) in [4.78, 5) is 4.39. The molecule has 0 radical (unpaired) electrons. The average Bonchev–Trinajstić information content (AvgIpc) is 2.82. The monoisotopic (exact) mass is 281 g/mol. The molecule has 4 heteroatoms. The standard InChI is InChI=1S/C14H16ClNOS/c1-9-4-5-10(2)14(11(9)3)17-7-13-16-12(6-15)8-18-13/h4-5,8H,6-7H2,1-3H3. The summed E-state index contributed by atoms with van der Waals surface area (Å²) in [5.41, 5.74) is 4.52. The van der Waals surface area contributed by atoms with E-state index in [1.165, 1.54) is 11.1 Å². The lowest BCUT2D eigenvalue weighted by molar-refractivity contribution is 0.301. The lowest BCUT2D eigenvalue weighted by Gasteiger charge is -2.12. The predicted molar refractivity (Wildman–Crippen MR) is 76.7 cm³/mol. The van der Waals surface area contributed by atoms with Crippen LogP contribution in [0.5, 0.6) is 5.75 Å². The zero-order valence-electron chi connectivity index (χ0n) is 10.8. The molecule has 0 amide bonds. The van der Waals surface area contributed by atoms with Crippen LogP contribution in [0.1, 0.15) is 27.4 Å². The minimum atomic E-state index is 0.457. The van der Waals surface area contributed by atoms with Crippen LogP contribution in [0.2, 0.25) is 0 Å². The lowest BCUT2D eigenvalue weighted by Crippen LogP contribution is -2.00. The molecule has 0 aliphatic heterocycles. The first-order valence-corrected chi connectivity index (χ1v) is 7.22. The third kappa shape index (κ3) is 2.85. The van der Waals surface area contributed by atoms with Crippen molar-refractivity contribution in [3.05, 3.63) is 44.9 Å². The van der Waals surface area contributed by atoms with Gasteiger partial charge in [0, 0.05) is 5.38 Å². The van der Waals surface area contributed by atoms with Crippen LogP contribution in [0, 0.1) is 20.8 Å². The fourth-order valence-electron chi connectivity index (χ4n) is 1.76. The summed E-state index contributed by atoms with van der Waals surface area (Å²) >= 11 is 7.32. The van der Waals surface area contributed by atoms with E-state index in [2.05, 4.69) is 37.9 Å². The molecule has 0 bridgehead atoms. The molecule has 0 aliphatic carbocycles. The third-order valence-corrected chi connectivity index (χ3v) is 4.09. The minimum absolute atomic E-state index is 0.457. The number of alkyl halides is 1. The van der Waals surface area contributed by atoms with Gasteiger partial charge in [-0.05, 0) is 37.5 Å². The first-order valence-electron chi connectivity index (χ1n) is 5.80. The van der Waals surface area contributed by atoms with E-state index in [1.54, 1.807) is 11.3 Å². The topological polar surface area (TPSA) is 22.1 Å². The number of nitrogens with zero attached hydrogens (tertiary/aromatic N) is 1. The molecule has 1 aromatic heterocycles. The first kappa shape index (κ1) is 13.4. The van der Waals surface area contributed by atoms with Crippen molar-refractivity contribution < 1.29 is 4.74 Å². The number of halogens is 1. The summed E-state index contributed by atoms with van der Waals surface area (Å²) < 4.78 is 5.90. The molecule has 0 spiro atoms. The highest BCUT2D eigenvalue weighted by Crippen LogP contribution is 2.27. The maximum absolute atomic E-state index is 5.90. The van der Waals surface area contributed by atoms with Gasteiger partial charge in [-0.25, -0.2) is 4.98 Å². The normalized spacial score (nSPS) is 10.7. The average molecular weight is 282 g/mol. The number of ether oxygens (including phenoxy) is 1. The molecule has 2 nitrogen and oxygen atoms in total. The van der Waals surface area contributed by atoms with Gasteiger partial charge in [-0.15, -0.1) is 22.9 Å². The fraction of sp³-hybridized carbons (Fsp3) is 0.357. The highest BCUT2D eigenvalue weighted by molar-refractivity contribution is 7.09. The van der Waals surface area contributed by atoms with Crippen molar-refractivity contribution in [1.82, 2.24) is 4.98 Å². The SMILES string of the molecule is Cc1ccc(C)c(OCc2nc(CCl)cs2)c1C. The Balaban J connectivity index is 2.12. The number of aromatic nitrogens is 1. The number of rotatable bonds is 4. The Morgan fingerprint density at radius 2 is 1.94 bits per heavy atom. The maximum atomic E-state index is 5.90. The van der Waals surface area contributed by atoms with Gasteiger partial charge in [0.2, 0.25) is 0 Å². The summed E-state index contributed by atoms with van der Waals surface area (Å²) in [6, 6.07) is 4.20. The lowest BCUT2D eigenvalue weighted by atomic mass is 10.1. The molecule has 2 aromatic rings. The second kappa shape index (κ2) is 5.72. The van der Waals surface area contributed by atoms with Gasteiger partial charge >= 0.3 is 0 Å². The van der Waals surface area contributed by atoms with Crippen molar-refractivity contribution in [2.24, 2.45) is 0 Å². The Labute approximate surface area is 117 Å². The van der Waals surface area contributed by atoms with Gasteiger partial charge in [0.15, 0.2) is 0 Å². The second-order valence-corrected chi connectivity index (χ2v) is 5.52. The number of hydrogen-bond acceptors (Lipinski definition) is 3. The number of hydrogen-bond donors (Lipinski definition) is 0. The number of aryl methyl sites for hydroxylation is 2. The molecule has 18 heavy (non-hydrogen) atoms. The quantitative estimate of drug-likeness (QED) is 0.776. The number of benzene rings is 1. The largest absolute Gasteiger partial charge is 0.486 e. The molecule has 0 atom stereocenters. The van der Waals surface area contributed by atoms with Crippen molar-refractivity contribution >= 4 is 22.9 Å². The molecular weight excluding hydrogens is 266 g/mol. The van der Waals surface area contributed by atoms with Gasteiger partial charge in [0.05, 0.1) is 11.6 Å². The van der Waals surface area contributed by atoms with Crippen molar-refractivity contribution in [3.8, 4) is 5.75 Å². The van der Waals surface area contributed by atoms with Crippen molar-refractivity contribution in [3.63, 3.8) is 0 Å². The van der Waals surface area contributed by atoms with Crippen LogP contribution in [0.15, 0.2) is 17.5 Å². The Kier molecular flexibility index (Phi) is 4.25. The zero-order valence-corrected chi connectivity index (χ0v) is 12.4. The highest BCUT2D eigenvalue weighted by Gasteiger charge is 2.08. The summed E-state index contributed by atoms with van der Waals surface area (Å²) in [6.45, 7) is 6.75. The second-order valence-electron chi connectivity index (χ2n) is 4.31. The molecule has 2 rings (SSSR count). The van der Waals surface area contributed by atoms with Gasteiger partial charge in [-0.3, -0.25) is 0 Å². The predicted octanol–water partition coefficient (Wildman–Crippen LogP) is 4.39. The minimum Gasteiger partial charge on any atom is -0.486 e.